The quantitative estimate of drug-likeness (QED) is 0.320. The molecular formula is C18H28FIN4O3S. The van der Waals surface area contributed by atoms with Crippen molar-refractivity contribution in [3.63, 3.8) is 0 Å². The van der Waals surface area contributed by atoms with Crippen molar-refractivity contribution in [2.45, 2.75) is 32.4 Å². The Kier molecular flexibility index (Phi) is 10.1. The fourth-order valence-electron chi connectivity index (χ4n) is 2.93. The topological polar surface area (TPSA) is 90.9 Å². The molecular weight excluding hydrogens is 498 g/mol. The monoisotopic (exact) mass is 526 g/mol. The molecule has 1 fully saturated rings. The second-order valence-electron chi connectivity index (χ2n) is 6.64. The largest absolute Gasteiger partial charge is 0.357 e. The van der Waals surface area contributed by atoms with Crippen LogP contribution in [-0.4, -0.2) is 62.9 Å². The molecule has 1 aliphatic rings. The smallest absolute Gasteiger partial charge is 0.222 e. The van der Waals surface area contributed by atoms with Crippen LogP contribution < -0.4 is 10.6 Å². The van der Waals surface area contributed by atoms with Gasteiger partial charge in [-0.1, -0.05) is 12.1 Å². The lowest BCUT2D eigenvalue weighted by Gasteiger charge is -2.22. The number of guanidine groups is 1. The minimum Gasteiger partial charge on any atom is -0.357 e. The van der Waals surface area contributed by atoms with Crippen molar-refractivity contribution in [2.75, 3.05) is 31.6 Å². The maximum Gasteiger partial charge on any atom is 0.222 e. The first kappa shape index (κ1) is 24.6. The number of benzene rings is 1. The standard InChI is InChI=1S/C18H27FN4O3S.HI/c1-3-20-18(23(2)12-14-5-4-6-15(19)11-14)21-9-7-17(24)22-16-8-10-27(25,26)13-16;/h4-6,11,16H,3,7-10,12-13H2,1-2H3,(H,20,21)(H,22,24);1H. The van der Waals surface area contributed by atoms with E-state index in [1.165, 1.54) is 12.1 Å². The van der Waals surface area contributed by atoms with Crippen molar-refractivity contribution in [2.24, 2.45) is 4.99 Å². The summed E-state index contributed by atoms with van der Waals surface area (Å²) >= 11 is 0. The number of amides is 1. The van der Waals surface area contributed by atoms with Gasteiger partial charge in [-0.05, 0) is 31.0 Å². The van der Waals surface area contributed by atoms with Crippen LogP contribution in [0.5, 0.6) is 0 Å². The highest BCUT2D eigenvalue weighted by Gasteiger charge is 2.28. The molecule has 0 saturated carbocycles. The maximum absolute atomic E-state index is 13.3. The van der Waals surface area contributed by atoms with Crippen molar-refractivity contribution >= 4 is 45.7 Å². The zero-order valence-corrected chi connectivity index (χ0v) is 19.3. The number of nitrogens with zero attached hydrogens (tertiary/aromatic N) is 2. The molecule has 0 aromatic heterocycles. The highest BCUT2D eigenvalue weighted by atomic mass is 127. The van der Waals surface area contributed by atoms with Crippen molar-refractivity contribution in [3.05, 3.63) is 35.6 Å². The van der Waals surface area contributed by atoms with E-state index in [0.717, 1.165) is 5.56 Å². The van der Waals surface area contributed by atoms with Gasteiger partial charge in [-0.2, -0.15) is 0 Å². The van der Waals surface area contributed by atoms with Gasteiger partial charge in [0.15, 0.2) is 15.8 Å². The molecule has 0 spiro atoms. The molecule has 1 heterocycles. The van der Waals surface area contributed by atoms with Gasteiger partial charge >= 0.3 is 0 Å². The van der Waals surface area contributed by atoms with E-state index in [1.807, 2.05) is 24.9 Å². The molecule has 1 aliphatic heterocycles. The zero-order chi connectivity index (χ0) is 19.9. The Bertz CT molecular complexity index is 789. The van der Waals surface area contributed by atoms with Crippen LogP contribution in [0, 0.1) is 5.82 Å². The average molecular weight is 526 g/mol. The van der Waals surface area contributed by atoms with E-state index in [9.17, 15) is 17.6 Å². The summed E-state index contributed by atoms with van der Waals surface area (Å²) in [6.07, 6.45) is 0.648. The number of aliphatic imine (C=N–C) groups is 1. The molecule has 1 aromatic rings. The summed E-state index contributed by atoms with van der Waals surface area (Å²) in [7, 11) is -1.17. The number of hydrogen-bond donors (Lipinski definition) is 2. The molecule has 1 saturated heterocycles. The maximum atomic E-state index is 13.3. The first-order valence-electron chi connectivity index (χ1n) is 9.02. The van der Waals surface area contributed by atoms with Crippen molar-refractivity contribution in [3.8, 4) is 0 Å². The molecule has 2 rings (SSSR count). The van der Waals surface area contributed by atoms with Crippen LogP contribution in [0.25, 0.3) is 0 Å². The predicted octanol–water partition coefficient (Wildman–Crippen LogP) is 1.53. The molecule has 2 N–H and O–H groups in total. The fraction of sp³-hybridized carbons (Fsp3) is 0.556. The van der Waals surface area contributed by atoms with E-state index in [1.54, 1.807) is 6.07 Å². The molecule has 0 radical (unpaired) electrons. The third-order valence-corrected chi connectivity index (χ3v) is 5.97. The molecule has 0 bridgehead atoms. The average Bonchev–Trinajstić information content (AvgIpc) is 2.92. The van der Waals surface area contributed by atoms with Gasteiger partial charge in [0.05, 0.1) is 18.1 Å². The van der Waals surface area contributed by atoms with E-state index in [-0.39, 0.29) is 66.2 Å². The van der Waals surface area contributed by atoms with E-state index < -0.39 is 9.84 Å². The van der Waals surface area contributed by atoms with Gasteiger partial charge < -0.3 is 15.5 Å². The summed E-state index contributed by atoms with van der Waals surface area (Å²) in [5.74, 6) is 0.281. The third kappa shape index (κ3) is 8.29. The Morgan fingerprint density at radius 1 is 1.39 bits per heavy atom. The molecule has 1 amide bonds. The van der Waals surface area contributed by atoms with Crippen LogP contribution >= 0.6 is 24.0 Å². The molecule has 1 atom stereocenters. The van der Waals surface area contributed by atoms with Crippen LogP contribution in [-0.2, 0) is 21.2 Å². The first-order chi connectivity index (χ1) is 12.8. The summed E-state index contributed by atoms with van der Waals surface area (Å²) in [6.45, 7) is 3.37. The Morgan fingerprint density at radius 2 is 2.14 bits per heavy atom. The number of sulfone groups is 1. The van der Waals surface area contributed by atoms with Gasteiger partial charge in [0.1, 0.15) is 5.82 Å². The fourth-order valence-corrected chi connectivity index (χ4v) is 4.60. The third-order valence-electron chi connectivity index (χ3n) is 4.20. The molecule has 1 aromatic carbocycles. The van der Waals surface area contributed by atoms with Gasteiger partial charge in [0.25, 0.3) is 0 Å². The lowest BCUT2D eigenvalue weighted by molar-refractivity contribution is -0.121. The number of hydrogen-bond acceptors (Lipinski definition) is 4. The van der Waals surface area contributed by atoms with Gasteiger partial charge in [-0.15, -0.1) is 24.0 Å². The zero-order valence-electron chi connectivity index (χ0n) is 16.2. The molecule has 158 valence electrons. The second kappa shape index (κ2) is 11.5. The van der Waals surface area contributed by atoms with Gasteiger partial charge in [0, 0.05) is 32.6 Å². The molecule has 1 unspecified atom stereocenters. The highest BCUT2D eigenvalue weighted by Crippen LogP contribution is 2.11. The lowest BCUT2D eigenvalue weighted by atomic mass is 10.2. The summed E-state index contributed by atoms with van der Waals surface area (Å²) in [6, 6.07) is 6.08. The summed E-state index contributed by atoms with van der Waals surface area (Å²) in [5, 5.41) is 5.90. The predicted molar refractivity (Wildman–Crippen MR) is 119 cm³/mol. The van der Waals surface area contributed by atoms with E-state index in [4.69, 9.17) is 0 Å². The summed E-state index contributed by atoms with van der Waals surface area (Å²) < 4.78 is 36.2. The minimum atomic E-state index is -3.01. The first-order valence-corrected chi connectivity index (χ1v) is 10.8. The van der Waals surface area contributed by atoms with E-state index in [2.05, 4.69) is 15.6 Å². The van der Waals surface area contributed by atoms with Crippen LogP contribution in [0.1, 0.15) is 25.3 Å². The Morgan fingerprint density at radius 3 is 2.75 bits per heavy atom. The van der Waals surface area contributed by atoms with Gasteiger partial charge in [-0.25, -0.2) is 12.8 Å². The van der Waals surface area contributed by atoms with Gasteiger partial charge in [0.2, 0.25) is 5.91 Å². The Hall–Kier alpha value is -1.43. The highest BCUT2D eigenvalue weighted by molar-refractivity contribution is 14.0. The number of halogens is 2. The van der Waals surface area contributed by atoms with Crippen LogP contribution in [0.3, 0.4) is 0 Å². The number of rotatable bonds is 7. The molecule has 10 heteroatoms. The summed E-state index contributed by atoms with van der Waals surface area (Å²) in [4.78, 5) is 18.3. The number of carbonyl (C=O) groups excluding carboxylic acids is 1. The molecule has 0 aliphatic carbocycles. The van der Waals surface area contributed by atoms with Crippen LogP contribution in [0.4, 0.5) is 4.39 Å². The van der Waals surface area contributed by atoms with Crippen molar-refractivity contribution < 1.29 is 17.6 Å². The van der Waals surface area contributed by atoms with Crippen molar-refractivity contribution in [1.29, 1.82) is 0 Å². The van der Waals surface area contributed by atoms with Crippen LogP contribution in [0.15, 0.2) is 29.3 Å². The summed E-state index contributed by atoms with van der Waals surface area (Å²) in [5.41, 5.74) is 0.822. The van der Waals surface area contributed by atoms with E-state index >= 15 is 0 Å². The molecule has 28 heavy (non-hydrogen) atoms. The SMILES string of the molecule is CCNC(=NCCC(=O)NC1CCS(=O)(=O)C1)N(C)Cc1cccc(F)c1.I. The minimum absolute atomic E-state index is 0. The van der Waals surface area contributed by atoms with Crippen LogP contribution in [0.2, 0.25) is 0 Å². The number of carbonyl (C=O) groups is 1. The lowest BCUT2D eigenvalue weighted by Crippen LogP contribution is -2.39. The van der Waals surface area contributed by atoms with Gasteiger partial charge in [-0.3, -0.25) is 9.79 Å². The Labute approximate surface area is 183 Å². The van der Waals surface area contributed by atoms with E-state index in [0.29, 0.717) is 25.5 Å². The Balaban J connectivity index is 0.00000392. The second-order valence-corrected chi connectivity index (χ2v) is 8.87. The number of nitrogens with one attached hydrogen (secondary N) is 2. The molecule has 7 nitrogen and oxygen atoms in total. The van der Waals surface area contributed by atoms with Crippen molar-refractivity contribution in [1.82, 2.24) is 15.5 Å². The normalized spacial score (nSPS) is 18.2.